The Morgan fingerprint density at radius 3 is 2.62 bits per heavy atom. The number of carbonyl (C=O) groups excluding carboxylic acids is 2. The summed E-state index contributed by atoms with van der Waals surface area (Å²) in [7, 11) is 0. The second-order valence-electron chi connectivity index (χ2n) is 7.95. The Labute approximate surface area is 195 Å². The molecule has 1 N–H and O–H groups in total. The standard InChI is InChI=1S/C23H25ClN4O3S/c1-13-20(15(3)29)14(2)25-21(13)19(30)12-32-23-27-26-22(16-6-8-17(24)9-7-16)28(23)11-18-5-4-10-31-18/h6-9,18,25H,4-5,10-12H2,1-3H3/t18-/m0/s1. The highest BCUT2D eigenvalue weighted by Crippen LogP contribution is 2.28. The number of aromatic amines is 1. The van der Waals surface area contributed by atoms with Crippen molar-refractivity contribution in [2.75, 3.05) is 12.4 Å². The summed E-state index contributed by atoms with van der Waals surface area (Å²) in [5.74, 6) is 0.773. The minimum Gasteiger partial charge on any atom is -0.376 e. The van der Waals surface area contributed by atoms with Crippen LogP contribution in [0.15, 0.2) is 29.4 Å². The largest absolute Gasteiger partial charge is 0.376 e. The number of halogens is 1. The number of ketones is 2. The van der Waals surface area contributed by atoms with Gasteiger partial charge < -0.3 is 9.72 Å². The van der Waals surface area contributed by atoms with Crippen molar-refractivity contribution >= 4 is 34.9 Å². The van der Waals surface area contributed by atoms with Crippen LogP contribution >= 0.6 is 23.4 Å². The van der Waals surface area contributed by atoms with Crippen molar-refractivity contribution in [2.24, 2.45) is 0 Å². The second-order valence-corrected chi connectivity index (χ2v) is 9.33. The van der Waals surface area contributed by atoms with E-state index in [1.807, 2.05) is 35.8 Å². The van der Waals surface area contributed by atoms with Gasteiger partial charge in [-0.15, -0.1) is 10.2 Å². The summed E-state index contributed by atoms with van der Waals surface area (Å²) in [5.41, 5.74) is 3.38. The number of rotatable bonds is 8. The number of thioether (sulfide) groups is 1. The van der Waals surface area contributed by atoms with E-state index in [9.17, 15) is 9.59 Å². The van der Waals surface area contributed by atoms with Gasteiger partial charge in [-0.1, -0.05) is 23.4 Å². The van der Waals surface area contributed by atoms with Gasteiger partial charge in [-0.25, -0.2) is 0 Å². The van der Waals surface area contributed by atoms with Crippen LogP contribution in [0.3, 0.4) is 0 Å². The zero-order valence-corrected chi connectivity index (χ0v) is 19.8. The summed E-state index contributed by atoms with van der Waals surface area (Å²) in [6, 6.07) is 7.46. The number of H-pyrrole nitrogens is 1. The predicted molar refractivity (Wildman–Crippen MR) is 125 cm³/mol. The lowest BCUT2D eigenvalue weighted by molar-refractivity contribution is 0.0953. The third kappa shape index (κ3) is 4.67. The Morgan fingerprint density at radius 1 is 1.25 bits per heavy atom. The molecular weight excluding hydrogens is 448 g/mol. The van der Waals surface area contributed by atoms with Gasteiger partial charge in [0, 0.05) is 28.5 Å². The summed E-state index contributed by atoms with van der Waals surface area (Å²) in [6.07, 6.45) is 2.11. The molecule has 1 atom stereocenters. The molecule has 0 saturated carbocycles. The van der Waals surface area contributed by atoms with Gasteiger partial charge in [0.15, 0.2) is 22.5 Å². The molecule has 3 heterocycles. The molecule has 1 aliphatic heterocycles. The molecule has 32 heavy (non-hydrogen) atoms. The highest BCUT2D eigenvalue weighted by Gasteiger charge is 2.24. The van der Waals surface area contributed by atoms with E-state index in [2.05, 4.69) is 15.2 Å². The van der Waals surface area contributed by atoms with E-state index in [-0.39, 0.29) is 23.4 Å². The maximum atomic E-state index is 12.9. The van der Waals surface area contributed by atoms with Crippen LogP contribution in [-0.2, 0) is 11.3 Å². The zero-order valence-electron chi connectivity index (χ0n) is 18.3. The molecule has 168 valence electrons. The topological polar surface area (TPSA) is 89.9 Å². The van der Waals surface area contributed by atoms with E-state index in [0.29, 0.717) is 33.5 Å². The number of hydrogen-bond donors (Lipinski definition) is 1. The van der Waals surface area contributed by atoms with Crippen LogP contribution in [0.2, 0.25) is 5.02 Å². The molecular formula is C23H25ClN4O3S. The first kappa shape index (κ1) is 22.8. The van der Waals surface area contributed by atoms with Crippen LogP contribution in [0.5, 0.6) is 0 Å². The molecule has 0 bridgehead atoms. The smallest absolute Gasteiger partial charge is 0.192 e. The van der Waals surface area contributed by atoms with E-state index in [4.69, 9.17) is 16.3 Å². The number of carbonyl (C=O) groups is 2. The maximum absolute atomic E-state index is 12.9. The number of aryl methyl sites for hydroxylation is 1. The Morgan fingerprint density at radius 2 is 2.00 bits per heavy atom. The summed E-state index contributed by atoms with van der Waals surface area (Å²) in [6.45, 7) is 6.50. The van der Waals surface area contributed by atoms with E-state index >= 15 is 0 Å². The third-order valence-corrected chi connectivity index (χ3v) is 6.85. The number of aromatic nitrogens is 4. The Hall–Kier alpha value is -2.42. The molecule has 0 spiro atoms. The number of nitrogens with zero attached hydrogens (tertiary/aromatic N) is 3. The fraction of sp³-hybridized carbons (Fsp3) is 0.391. The van der Waals surface area contributed by atoms with E-state index in [0.717, 1.165) is 36.5 Å². The first-order chi connectivity index (χ1) is 15.3. The van der Waals surface area contributed by atoms with Crippen LogP contribution in [0, 0.1) is 13.8 Å². The van der Waals surface area contributed by atoms with Crippen molar-refractivity contribution in [2.45, 2.75) is 51.4 Å². The van der Waals surface area contributed by atoms with Crippen LogP contribution in [0.25, 0.3) is 11.4 Å². The highest BCUT2D eigenvalue weighted by molar-refractivity contribution is 7.99. The SMILES string of the molecule is CC(=O)c1c(C)[nH]c(C(=O)CSc2nnc(-c3ccc(Cl)cc3)n2C[C@@H]2CCCO2)c1C. The lowest BCUT2D eigenvalue weighted by Crippen LogP contribution is -2.17. The third-order valence-electron chi connectivity index (χ3n) is 5.63. The zero-order chi connectivity index (χ0) is 22.8. The summed E-state index contributed by atoms with van der Waals surface area (Å²) in [4.78, 5) is 27.9. The Bertz CT molecular complexity index is 1150. The molecule has 4 rings (SSSR count). The van der Waals surface area contributed by atoms with Gasteiger partial charge >= 0.3 is 0 Å². The van der Waals surface area contributed by atoms with Gasteiger partial charge in [-0.2, -0.15) is 0 Å². The number of benzene rings is 1. The fourth-order valence-electron chi connectivity index (χ4n) is 4.12. The molecule has 1 saturated heterocycles. The van der Waals surface area contributed by atoms with Crippen molar-refractivity contribution in [3.8, 4) is 11.4 Å². The van der Waals surface area contributed by atoms with Gasteiger partial charge in [0.05, 0.1) is 24.1 Å². The van der Waals surface area contributed by atoms with Gasteiger partial charge in [0.2, 0.25) is 0 Å². The lowest BCUT2D eigenvalue weighted by Gasteiger charge is -2.14. The molecule has 3 aromatic rings. The van der Waals surface area contributed by atoms with E-state index in [1.165, 1.54) is 18.7 Å². The molecule has 0 amide bonds. The van der Waals surface area contributed by atoms with Crippen LogP contribution < -0.4 is 0 Å². The predicted octanol–water partition coefficient (Wildman–Crippen LogP) is 4.90. The minimum atomic E-state index is -0.0807. The number of nitrogens with one attached hydrogen (secondary N) is 1. The second kappa shape index (κ2) is 9.60. The van der Waals surface area contributed by atoms with Crippen molar-refractivity contribution < 1.29 is 14.3 Å². The molecule has 9 heteroatoms. The van der Waals surface area contributed by atoms with Crippen LogP contribution in [0.4, 0.5) is 0 Å². The molecule has 1 aliphatic rings. The number of Topliss-reactive ketones (excluding diaryl/α,β-unsaturated/α-hetero) is 2. The van der Waals surface area contributed by atoms with Crippen molar-refractivity contribution in [1.29, 1.82) is 0 Å². The fourth-order valence-corrected chi connectivity index (χ4v) is 5.07. The first-order valence-corrected chi connectivity index (χ1v) is 11.9. The summed E-state index contributed by atoms with van der Waals surface area (Å²) < 4.78 is 7.85. The normalized spacial score (nSPS) is 15.9. The molecule has 2 aromatic heterocycles. The molecule has 0 unspecified atom stereocenters. The maximum Gasteiger partial charge on any atom is 0.192 e. The summed E-state index contributed by atoms with van der Waals surface area (Å²) in [5, 5.41) is 10.1. The van der Waals surface area contributed by atoms with Gasteiger partial charge in [0.25, 0.3) is 0 Å². The quantitative estimate of drug-likeness (QED) is 0.370. The molecule has 7 nitrogen and oxygen atoms in total. The van der Waals surface area contributed by atoms with E-state index < -0.39 is 0 Å². The number of hydrogen-bond acceptors (Lipinski definition) is 6. The average Bonchev–Trinajstić information content (AvgIpc) is 3.47. The van der Waals surface area contributed by atoms with Gasteiger partial charge in [-0.3, -0.25) is 14.2 Å². The van der Waals surface area contributed by atoms with Crippen molar-refractivity contribution in [3.63, 3.8) is 0 Å². The molecule has 1 fully saturated rings. The monoisotopic (exact) mass is 472 g/mol. The average molecular weight is 473 g/mol. The Balaban J connectivity index is 1.58. The van der Waals surface area contributed by atoms with Gasteiger partial charge in [0.1, 0.15) is 0 Å². The van der Waals surface area contributed by atoms with Crippen LogP contribution in [-0.4, -0.2) is 49.8 Å². The molecule has 0 radical (unpaired) electrons. The van der Waals surface area contributed by atoms with Crippen LogP contribution in [0.1, 0.15) is 51.9 Å². The molecule has 0 aliphatic carbocycles. The highest BCUT2D eigenvalue weighted by atomic mass is 35.5. The van der Waals surface area contributed by atoms with Gasteiger partial charge in [-0.05, 0) is 63.4 Å². The summed E-state index contributed by atoms with van der Waals surface area (Å²) >= 11 is 7.38. The number of ether oxygens (including phenoxy) is 1. The molecule has 1 aromatic carbocycles. The Kier molecular flexibility index (Phi) is 6.83. The lowest BCUT2D eigenvalue weighted by atomic mass is 10.1. The van der Waals surface area contributed by atoms with Crippen molar-refractivity contribution in [3.05, 3.63) is 51.8 Å². The van der Waals surface area contributed by atoms with Crippen molar-refractivity contribution in [1.82, 2.24) is 19.7 Å². The van der Waals surface area contributed by atoms with E-state index in [1.54, 1.807) is 6.92 Å². The minimum absolute atomic E-state index is 0.0492. The first-order valence-electron chi connectivity index (χ1n) is 10.5.